The molecule has 1 aromatic carbocycles. The number of nitrogens with zero attached hydrogens (tertiary/aromatic N) is 3. The summed E-state index contributed by atoms with van der Waals surface area (Å²) in [4.78, 5) is 17.2. The number of benzene rings is 1. The first-order chi connectivity index (χ1) is 10.2. The number of para-hydroxylation sites is 1. The van der Waals surface area contributed by atoms with Crippen molar-refractivity contribution in [3.05, 3.63) is 59.5 Å². The molecule has 3 aromatic rings. The third-order valence-electron chi connectivity index (χ3n) is 3.54. The van der Waals surface area contributed by atoms with Gasteiger partial charge in [-0.05, 0) is 37.1 Å². The molecule has 4 nitrogen and oxygen atoms in total. The summed E-state index contributed by atoms with van der Waals surface area (Å²) in [6, 6.07) is 11.5. The Bertz CT molecular complexity index is 805. The van der Waals surface area contributed by atoms with Crippen molar-refractivity contribution in [2.45, 2.75) is 26.8 Å². The van der Waals surface area contributed by atoms with Crippen molar-refractivity contribution in [3.63, 3.8) is 0 Å². The van der Waals surface area contributed by atoms with Gasteiger partial charge in [0.1, 0.15) is 11.4 Å². The van der Waals surface area contributed by atoms with Gasteiger partial charge in [-0.25, -0.2) is 4.98 Å². The Balaban J connectivity index is 2.07. The van der Waals surface area contributed by atoms with Crippen molar-refractivity contribution in [3.8, 4) is 0 Å². The van der Waals surface area contributed by atoms with Crippen LogP contribution in [0, 0.1) is 6.92 Å². The van der Waals surface area contributed by atoms with Crippen LogP contribution in [0.25, 0.3) is 10.9 Å². The standard InChI is InChI=1S/C17H17N3O/c1-3-10-20-16(8-9-18-20)17(21)15-11-12(2)13-6-4-5-7-14(13)19-15/h4-9,11H,3,10H2,1-2H3. The molecule has 21 heavy (non-hydrogen) atoms. The number of hydrogen-bond donors (Lipinski definition) is 0. The molecule has 0 radical (unpaired) electrons. The van der Waals surface area contributed by atoms with E-state index in [0.717, 1.165) is 29.4 Å². The maximum atomic E-state index is 12.7. The smallest absolute Gasteiger partial charge is 0.229 e. The Labute approximate surface area is 123 Å². The normalized spacial score (nSPS) is 11.0. The fraction of sp³-hybridized carbons (Fsp3) is 0.235. The minimum atomic E-state index is -0.0743. The minimum absolute atomic E-state index is 0.0743. The predicted octanol–water partition coefficient (Wildman–Crippen LogP) is 3.38. The van der Waals surface area contributed by atoms with E-state index in [0.29, 0.717) is 11.4 Å². The zero-order valence-corrected chi connectivity index (χ0v) is 12.2. The van der Waals surface area contributed by atoms with Gasteiger partial charge < -0.3 is 0 Å². The molecule has 0 saturated carbocycles. The Morgan fingerprint density at radius 3 is 2.86 bits per heavy atom. The van der Waals surface area contributed by atoms with Gasteiger partial charge in [0.25, 0.3) is 0 Å². The number of rotatable bonds is 4. The molecule has 3 rings (SSSR count). The summed E-state index contributed by atoms with van der Waals surface area (Å²) in [5, 5.41) is 5.29. The van der Waals surface area contributed by atoms with Crippen LogP contribution in [0.5, 0.6) is 0 Å². The third-order valence-corrected chi connectivity index (χ3v) is 3.54. The maximum Gasteiger partial charge on any atom is 0.229 e. The average Bonchev–Trinajstić information content (AvgIpc) is 2.95. The zero-order valence-electron chi connectivity index (χ0n) is 12.2. The molecule has 0 saturated heterocycles. The number of carbonyl (C=O) groups is 1. The van der Waals surface area contributed by atoms with E-state index in [9.17, 15) is 4.79 Å². The van der Waals surface area contributed by atoms with Gasteiger partial charge in [0.15, 0.2) is 0 Å². The lowest BCUT2D eigenvalue weighted by molar-refractivity contribution is 0.102. The highest BCUT2D eigenvalue weighted by molar-refractivity contribution is 6.07. The van der Waals surface area contributed by atoms with Crippen LogP contribution < -0.4 is 0 Å². The van der Waals surface area contributed by atoms with E-state index in [1.807, 2.05) is 37.3 Å². The summed E-state index contributed by atoms with van der Waals surface area (Å²) >= 11 is 0. The summed E-state index contributed by atoms with van der Waals surface area (Å²) in [5.74, 6) is -0.0743. The summed E-state index contributed by atoms with van der Waals surface area (Å²) in [6.45, 7) is 4.80. The van der Waals surface area contributed by atoms with Crippen molar-refractivity contribution < 1.29 is 4.79 Å². The molecule has 2 aromatic heterocycles. The Morgan fingerprint density at radius 1 is 1.24 bits per heavy atom. The van der Waals surface area contributed by atoms with Crippen LogP contribution in [0.1, 0.15) is 35.1 Å². The van der Waals surface area contributed by atoms with Gasteiger partial charge in [-0.15, -0.1) is 0 Å². The second-order valence-corrected chi connectivity index (χ2v) is 5.11. The van der Waals surface area contributed by atoms with Gasteiger partial charge in [0.05, 0.1) is 5.52 Å². The van der Waals surface area contributed by atoms with E-state index in [-0.39, 0.29) is 5.78 Å². The van der Waals surface area contributed by atoms with Gasteiger partial charge in [-0.2, -0.15) is 5.10 Å². The van der Waals surface area contributed by atoms with E-state index >= 15 is 0 Å². The number of fused-ring (bicyclic) bond motifs is 1. The largest absolute Gasteiger partial charge is 0.285 e. The lowest BCUT2D eigenvalue weighted by atomic mass is 10.1. The number of pyridine rings is 1. The Kier molecular flexibility index (Phi) is 3.52. The molecule has 0 amide bonds. The fourth-order valence-electron chi connectivity index (χ4n) is 2.51. The first kappa shape index (κ1) is 13.5. The topological polar surface area (TPSA) is 47.8 Å². The lowest BCUT2D eigenvalue weighted by Crippen LogP contribution is -2.13. The minimum Gasteiger partial charge on any atom is -0.285 e. The van der Waals surface area contributed by atoms with Crippen molar-refractivity contribution in [1.29, 1.82) is 0 Å². The van der Waals surface area contributed by atoms with Crippen molar-refractivity contribution in [2.75, 3.05) is 0 Å². The van der Waals surface area contributed by atoms with Crippen LogP contribution >= 0.6 is 0 Å². The summed E-state index contributed by atoms with van der Waals surface area (Å²) in [7, 11) is 0. The van der Waals surface area contributed by atoms with Crippen LogP contribution in [0.15, 0.2) is 42.6 Å². The van der Waals surface area contributed by atoms with E-state index in [1.165, 1.54) is 0 Å². The highest BCUT2D eigenvalue weighted by Gasteiger charge is 2.16. The third kappa shape index (κ3) is 2.44. The highest BCUT2D eigenvalue weighted by atomic mass is 16.1. The number of aromatic nitrogens is 3. The molecular weight excluding hydrogens is 262 g/mol. The van der Waals surface area contributed by atoms with Crippen molar-refractivity contribution >= 4 is 16.7 Å². The monoisotopic (exact) mass is 279 g/mol. The molecule has 0 fully saturated rings. The second-order valence-electron chi connectivity index (χ2n) is 5.11. The molecule has 2 heterocycles. The summed E-state index contributed by atoms with van der Waals surface area (Å²) in [6.07, 6.45) is 2.60. The predicted molar refractivity (Wildman–Crippen MR) is 82.4 cm³/mol. The Morgan fingerprint density at radius 2 is 2.05 bits per heavy atom. The van der Waals surface area contributed by atoms with Crippen LogP contribution in [0.2, 0.25) is 0 Å². The molecule has 0 aliphatic heterocycles. The van der Waals surface area contributed by atoms with Crippen molar-refractivity contribution in [1.82, 2.24) is 14.8 Å². The van der Waals surface area contributed by atoms with Gasteiger partial charge in [-0.3, -0.25) is 9.48 Å². The SMILES string of the molecule is CCCn1nccc1C(=O)c1cc(C)c2ccccc2n1. The van der Waals surface area contributed by atoms with Crippen LogP contribution in [0.3, 0.4) is 0 Å². The molecule has 0 aliphatic carbocycles. The highest BCUT2D eigenvalue weighted by Crippen LogP contribution is 2.19. The molecule has 4 heteroatoms. The van der Waals surface area contributed by atoms with Crippen LogP contribution in [0.4, 0.5) is 0 Å². The van der Waals surface area contributed by atoms with E-state index < -0.39 is 0 Å². The number of aryl methyl sites for hydroxylation is 2. The lowest BCUT2D eigenvalue weighted by Gasteiger charge is -2.07. The molecular formula is C17H17N3O. The molecule has 106 valence electrons. The summed E-state index contributed by atoms with van der Waals surface area (Å²) < 4.78 is 1.74. The summed E-state index contributed by atoms with van der Waals surface area (Å²) in [5.41, 5.74) is 2.98. The maximum absolute atomic E-state index is 12.7. The zero-order chi connectivity index (χ0) is 14.8. The first-order valence-electron chi connectivity index (χ1n) is 7.13. The number of ketones is 1. The van der Waals surface area contributed by atoms with E-state index in [2.05, 4.69) is 17.0 Å². The second kappa shape index (κ2) is 5.48. The van der Waals surface area contributed by atoms with Crippen LogP contribution in [-0.4, -0.2) is 20.5 Å². The average molecular weight is 279 g/mol. The molecule has 0 bridgehead atoms. The van der Waals surface area contributed by atoms with E-state index in [4.69, 9.17) is 0 Å². The number of hydrogen-bond acceptors (Lipinski definition) is 3. The van der Waals surface area contributed by atoms with Gasteiger partial charge in [0.2, 0.25) is 5.78 Å². The van der Waals surface area contributed by atoms with E-state index in [1.54, 1.807) is 16.9 Å². The molecule has 0 N–H and O–H groups in total. The van der Waals surface area contributed by atoms with Crippen LogP contribution in [-0.2, 0) is 6.54 Å². The fourth-order valence-corrected chi connectivity index (χ4v) is 2.51. The first-order valence-corrected chi connectivity index (χ1v) is 7.13. The quantitative estimate of drug-likeness (QED) is 0.688. The van der Waals surface area contributed by atoms with Gasteiger partial charge in [0, 0.05) is 18.1 Å². The number of carbonyl (C=O) groups excluding carboxylic acids is 1. The molecule has 0 aliphatic rings. The van der Waals surface area contributed by atoms with Crippen molar-refractivity contribution in [2.24, 2.45) is 0 Å². The Hall–Kier alpha value is -2.49. The van der Waals surface area contributed by atoms with Gasteiger partial charge >= 0.3 is 0 Å². The van der Waals surface area contributed by atoms with Gasteiger partial charge in [-0.1, -0.05) is 25.1 Å². The molecule has 0 atom stereocenters. The molecule has 0 unspecified atom stereocenters. The molecule has 0 spiro atoms.